The van der Waals surface area contributed by atoms with Crippen LogP contribution in [0.15, 0.2) is 56.4 Å². The van der Waals surface area contributed by atoms with Crippen molar-refractivity contribution < 1.29 is 9.21 Å². The smallest absolute Gasteiger partial charge is 0.261 e. The van der Waals surface area contributed by atoms with E-state index in [4.69, 9.17) is 4.42 Å². The van der Waals surface area contributed by atoms with E-state index in [2.05, 4.69) is 31.2 Å². The third-order valence-corrected chi connectivity index (χ3v) is 4.37. The maximum atomic E-state index is 12.5. The first-order chi connectivity index (χ1) is 12.5. The van der Waals surface area contributed by atoms with Gasteiger partial charge in [0.05, 0.1) is 17.2 Å². The van der Waals surface area contributed by atoms with Crippen molar-refractivity contribution in [2.75, 3.05) is 5.32 Å². The van der Waals surface area contributed by atoms with Crippen LogP contribution in [0, 0.1) is 6.92 Å². The Morgan fingerprint density at radius 2 is 2.08 bits per heavy atom. The molecule has 0 spiro atoms. The Balaban J connectivity index is 1.58. The van der Waals surface area contributed by atoms with Crippen molar-refractivity contribution in [2.45, 2.75) is 13.5 Å². The number of nitrogens with zero attached hydrogens (tertiary/aromatic N) is 3. The van der Waals surface area contributed by atoms with Gasteiger partial charge in [-0.2, -0.15) is 0 Å². The predicted molar refractivity (Wildman–Crippen MR) is 101 cm³/mol. The van der Waals surface area contributed by atoms with Gasteiger partial charge >= 0.3 is 0 Å². The SMILES string of the molecule is Cc1nc2cc(NC(=O)Cn3cnc4ccc(Br)cc4c3=O)ccc2o1. The Hall–Kier alpha value is -3.00. The van der Waals surface area contributed by atoms with E-state index in [0.29, 0.717) is 33.6 Å². The van der Waals surface area contributed by atoms with Crippen molar-refractivity contribution in [1.82, 2.24) is 14.5 Å². The molecule has 4 rings (SSSR count). The number of carbonyl (C=O) groups excluding carboxylic acids is 1. The van der Waals surface area contributed by atoms with Gasteiger partial charge < -0.3 is 9.73 Å². The Kier molecular flexibility index (Phi) is 4.04. The van der Waals surface area contributed by atoms with Crippen LogP contribution in [0.2, 0.25) is 0 Å². The van der Waals surface area contributed by atoms with Crippen molar-refractivity contribution in [3.05, 3.63) is 63.4 Å². The molecule has 0 aliphatic heterocycles. The van der Waals surface area contributed by atoms with Gasteiger partial charge in [0.1, 0.15) is 12.1 Å². The summed E-state index contributed by atoms with van der Waals surface area (Å²) >= 11 is 3.34. The van der Waals surface area contributed by atoms with Crippen LogP contribution < -0.4 is 10.9 Å². The molecule has 130 valence electrons. The van der Waals surface area contributed by atoms with E-state index in [1.165, 1.54) is 10.9 Å². The standard InChI is InChI=1S/C18H13BrN4O3/c1-10-21-15-7-12(3-5-16(15)26-10)22-17(24)8-23-9-20-14-4-2-11(19)6-13(14)18(23)25/h2-7,9H,8H2,1H3,(H,22,24). The topological polar surface area (TPSA) is 90.0 Å². The molecular weight excluding hydrogens is 400 g/mol. The molecule has 26 heavy (non-hydrogen) atoms. The number of amides is 1. The summed E-state index contributed by atoms with van der Waals surface area (Å²) in [5.74, 6) is 0.228. The van der Waals surface area contributed by atoms with E-state index >= 15 is 0 Å². The zero-order valence-corrected chi connectivity index (χ0v) is 15.3. The number of carbonyl (C=O) groups is 1. The minimum Gasteiger partial charge on any atom is -0.441 e. The van der Waals surface area contributed by atoms with Crippen LogP contribution in [-0.4, -0.2) is 20.4 Å². The van der Waals surface area contributed by atoms with Crippen LogP contribution >= 0.6 is 15.9 Å². The highest BCUT2D eigenvalue weighted by Gasteiger charge is 2.10. The lowest BCUT2D eigenvalue weighted by Gasteiger charge is -2.08. The van der Waals surface area contributed by atoms with E-state index in [-0.39, 0.29) is 18.0 Å². The molecule has 0 aliphatic rings. The number of hydrogen-bond donors (Lipinski definition) is 1. The van der Waals surface area contributed by atoms with Crippen LogP contribution in [0.1, 0.15) is 5.89 Å². The summed E-state index contributed by atoms with van der Waals surface area (Å²) in [7, 11) is 0. The summed E-state index contributed by atoms with van der Waals surface area (Å²) in [5.41, 5.74) is 2.21. The summed E-state index contributed by atoms with van der Waals surface area (Å²) in [4.78, 5) is 33.3. The highest BCUT2D eigenvalue weighted by Crippen LogP contribution is 2.19. The number of hydrogen-bond acceptors (Lipinski definition) is 5. The van der Waals surface area contributed by atoms with Gasteiger partial charge in [-0.1, -0.05) is 15.9 Å². The molecule has 0 atom stereocenters. The fraction of sp³-hybridized carbons (Fsp3) is 0.111. The van der Waals surface area contributed by atoms with E-state index < -0.39 is 0 Å². The maximum absolute atomic E-state index is 12.5. The largest absolute Gasteiger partial charge is 0.441 e. The third kappa shape index (κ3) is 3.11. The van der Waals surface area contributed by atoms with Crippen molar-refractivity contribution in [2.24, 2.45) is 0 Å². The van der Waals surface area contributed by atoms with Crippen LogP contribution in [-0.2, 0) is 11.3 Å². The quantitative estimate of drug-likeness (QED) is 0.557. The van der Waals surface area contributed by atoms with Gasteiger partial charge in [-0.3, -0.25) is 14.2 Å². The molecule has 1 N–H and O–H groups in total. The molecule has 1 amide bonds. The summed E-state index contributed by atoms with van der Waals surface area (Å²) < 4.78 is 7.47. The fourth-order valence-corrected chi connectivity index (χ4v) is 3.08. The summed E-state index contributed by atoms with van der Waals surface area (Å²) in [6.45, 7) is 1.62. The van der Waals surface area contributed by atoms with Gasteiger partial charge in [0, 0.05) is 17.1 Å². The summed E-state index contributed by atoms with van der Waals surface area (Å²) in [5, 5.41) is 3.21. The third-order valence-electron chi connectivity index (χ3n) is 3.88. The van der Waals surface area contributed by atoms with Crippen molar-refractivity contribution in [3.8, 4) is 0 Å². The van der Waals surface area contributed by atoms with Crippen molar-refractivity contribution in [3.63, 3.8) is 0 Å². The highest BCUT2D eigenvalue weighted by molar-refractivity contribution is 9.10. The number of halogens is 1. The van der Waals surface area contributed by atoms with E-state index in [1.807, 2.05) is 6.07 Å². The molecule has 2 aromatic heterocycles. The van der Waals surface area contributed by atoms with Gasteiger partial charge in [0.25, 0.3) is 5.56 Å². The number of fused-ring (bicyclic) bond motifs is 2. The van der Waals surface area contributed by atoms with Crippen LogP contribution in [0.25, 0.3) is 22.0 Å². The molecule has 7 nitrogen and oxygen atoms in total. The number of oxazole rings is 1. The predicted octanol–water partition coefficient (Wildman–Crippen LogP) is 3.25. The Labute approximate surface area is 155 Å². The first-order valence-electron chi connectivity index (χ1n) is 7.81. The number of anilines is 1. The molecule has 4 aromatic rings. The molecule has 2 heterocycles. The monoisotopic (exact) mass is 412 g/mol. The number of benzene rings is 2. The molecule has 0 saturated carbocycles. The molecular formula is C18H13BrN4O3. The van der Waals surface area contributed by atoms with Crippen LogP contribution in [0.4, 0.5) is 5.69 Å². The lowest BCUT2D eigenvalue weighted by atomic mass is 10.2. The Morgan fingerprint density at radius 3 is 2.92 bits per heavy atom. The van der Waals surface area contributed by atoms with E-state index in [9.17, 15) is 9.59 Å². The summed E-state index contributed by atoms with van der Waals surface area (Å²) in [6, 6.07) is 10.5. The molecule has 0 fully saturated rings. The number of nitrogens with one attached hydrogen (secondary N) is 1. The molecule has 0 unspecified atom stereocenters. The molecule has 2 aromatic carbocycles. The molecule has 0 bridgehead atoms. The average Bonchev–Trinajstić information content (AvgIpc) is 2.97. The average molecular weight is 413 g/mol. The second-order valence-corrected chi connectivity index (χ2v) is 6.72. The van der Waals surface area contributed by atoms with Crippen molar-refractivity contribution >= 4 is 49.5 Å². The van der Waals surface area contributed by atoms with Crippen molar-refractivity contribution in [1.29, 1.82) is 0 Å². The van der Waals surface area contributed by atoms with Gasteiger partial charge in [0.15, 0.2) is 11.5 Å². The zero-order valence-electron chi connectivity index (χ0n) is 13.7. The minimum atomic E-state index is -0.331. The lowest BCUT2D eigenvalue weighted by molar-refractivity contribution is -0.116. The maximum Gasteiger partial charge on any atom is 0.261 e. The zero-order chi connectivity index (χ0) is 18.3. The van der Waals surface area contributed by atoms with Crippen LogP contribution in [0.3, 0.4) is 0 Å². The van der Waals surface area contributed by atoms with Gasteiger partial charge in [-0.25, -0.2) is 9.97 Å². The highest BCUT2D eigenvalue weighted by atomic mass is 79.9. The fourth-order valence-electron chi connectivity index (χ4n) is 2.72. The first-order valence-corrected chi connectivity index (χ1v) is 8.61. The van der Waals surface area contributed by atoms with Crippen LogP contribution in [0.5, 0.6) is 0 Å². The van der Waals surface area contributed by atoms with Gasteiger partial charge in [-0.15, -0.1) is 0 Å². The van der Waals surface area contributed by atoms with Gasteiger partial charge in [-0.05, 0) is 36.4 Å². The molecule has 0 saturated heterocycles. The van der Waals surface area contributed by atoms with E-state index in [0.717, 1.165) is 4.47 Å². The number of aromatic nitrogens is 3. The lowest BCUT2D eigenvalue weighted by Crippen LogP contribution is -2.27. The minimum absolute atomic E-state index is 0.135. The molecule has 0 radical (unpaired) electrons. The first kappa shape index (κ1) is 16.5. The molecule has 0 aliphatic carbocycles. The second-order valence-electron chi connectivity index (χ2n) is 5.80. The van der Waals surface area contributed by atoms with Gasteiger partial charge in [0.2, 0.25) is 5.91 Å². The normalized spacial score (nSPS) is 11.2. The van der Waals surface area contributed by atoms with E-state index in [1.54, 1.807) is 37.3 Å². The summed E-state index contributed by atoms with van der Waals surface area (Å²) in [6.07, 6.45) is 1.38. The Bertz CT molecular complexity index is 1210. The Morgan fingerprint density at radius 1 is 1.23 bits per heavy atom. The number of rotatable bonds is 3. The number of aryl methyl sites for hydroxylation is 1. The molecule has 8 heteroatoms. The second kappa shape index (κ2) is 6.38.